The Morgan fingerprint density at radius 3 is 2.75 bits per heavy atom. The van der Waals surface area contributed by atoms with Crippen LogP contribution in [0.2, 0.25) is 0 Å². The standard InChI is InChI=1S/C21H19N3O3S/c25-19(26)11-28-21-23-18-10-27-9-16(18)20(24-21)22-17-8-7-13(12-5-6-12)14-3-1-2-4-15(14)17/h1-4,7-8,12H,5-6,9-11H2,(H,25,26)(H,22,23,24). The first-order chi connectivity index (χ1) is 13.7. The van der Waals surface area contributed by atoms with E-state index in [4.69, 9.17) is 9.84 Å². The molecule has 28 heavy (non-hydrogen) atoms. The number of nitrogens with one attached hydrogen (secondary N) is 1. The second-order valence-electron chi connectivity index (χ2n) is 7.10. The van der Waals surface area contributed by atoms with Crippen molar-refractivity contribution in [2.45, 2.75) is 37.1 Å². The number of carbonyl (C=O) groups is 1. The predicted octanol–water partition coefficient (Wildman–Crippen LogP) is 4.46. The second kappa shape index (κ2) is 7.07. The van der Waals surface area contributed by atoms with Gasteiger partial charge in [-0.1, -0.05) is 42.1 Å². The normalized spacial score (nSPS) is 15.6. The van der Waals surface area contributed by atoms with Crippen LogP contribution in [-0.2, 0) is 22.7 Å². The third-order valence-electron chi connectivity index (χ3n) is 5.11. The van der Waals surface area contributed by atoms with Crippen molar-refractivity contribution < 1.29 is 14.6 Å². The Hall–Kier alpha value is -2.64. The molecule has 2 aromatic carbocycles. The van der Waals surface area contributed by atoms with Crippen LogP contribution in [0.4, 0.5) is 11.5 Å². The van der Waals surface area contributed by atoms with Gasteiger partial charge < -0.3 is 15.2 Å². The van der Waals surface area contributed by atoms with Crippen molar-refractivity contribution in [2.24, 2.45) is 0 Å². The van der Waals surface area contributed by atoms with Crippen LogP contribution in [0.25, 0.3) is 10.8 Å². The van der Waals surface area contributed by atoms with Crippen LogP contribution in [0.5, 0.6) is 0 Å². The molecule has 1 aliphatic heterocycles. The lowest BCUT2D eigenvalue weighted by Gasteiger charge is -2.15. The molecule has 3 aromatic rings. The van der Waals surface area contributed by atoms with Gasteiger partial charge in [0.1, 0.15) is 5.82 Å². The average molecular weight is 393 g/mol. The van der Waals surface area contributed by atoms with Gasteiger partial charge >= 0.3 is 5.97 Å². The Morgan fingerprint density at radius 2 is 1.96 bits per heavy atom. The first-order valence-electron chi connectivity index (χ1n) is 9.30. The van der Waals surface area contributed by atoms with Gasteiger partial charge in [-0.15, -0.1) is 0 Å². The Morgan fingerprint density at radius 1 is 1.14 bits per heavy atom. The van der Waals surface area contributed by atoms with Crippen LogP contribution < -0.4 is 5.32 Å². The van der Waals surface area contributed by atoms with E-state index in [0.717, 1.165) is 34.1 Å². The van der Waals surface area contributed by atoms with Crippen molar-refractivity contribution >= 4 is 40.0 Å². The van der Waals surface area contributed by atoms with Gasteiger partial charge in [-0.05, 0) is 35.8 Å². The molecule has 2 N–H and O–H groups in total. The fourth-order valence-electron chi connectivity index (χ4n) is 3.63. The van der Waals surface area contributed by atoms with E-state index in [1.54, 1.807) is 0 Å². The van der Waals surface area contributed by atoms with Gasteiger partial charge in [0.15, 0.2) is 5.16 Å². The summed E-state index contributed by atoms with van der Waals surface area (Å²) in [5.41, 5.74) is 4.16. The minimum Gasteiger partial charge on any atom is -0.481 e. The minimum absolute atomic E-state index is 0.0713. The molecule has 0 bridgehead atoms. The fourth-order valence-corrected chi connectivity index (χ4v) is 4.22. The zero-order chi connectivity index (χ0) is 19.1. The second-order valence-corrected chi connectivity index (χ2v) is 8.04. The van der Waals surface area contributed by atoms with Crippen LogP contribution in [-0.4, -0.2) is 26.8 Å². The number of rotatable bonds is 6. The maximum atomic E-state index is 10.9. The van der Waals surface area contributed by atoms with Gasteiger partial charge in [0.25, 0.3) is 0 Å². The van der Waals surface area contributed by atoms with Gasteiger partial charge in [0.05, 0.1) is 24.7 Å². The number of hydrogen-bond donors (Lipinski definition) is 2. The smallest absolute Gasteiger partial charge is 0.313 e. The lowest BCUT2D eigenvalue weighted by molar-refractivity contribution is -0.133. The molecule has 1 aliphatic carbocycles. The number of nitrogens with zero attached hydrogens (tertiary/aromatic N) is 2. The summed E-state index contributed by atoms with van der Waals surface area (Å²) in [6.07, 6.45) is 2.52. The molecule has 0 radical (unpaired) electrons. The molecule has 5 rings (SSSR count). The molecule has 0 atom stereocenters. The highest BCUT2D eigenvalue weighted by Gasteiger charge is 2.26. The number of hydrogen-bond acceptors (Lipinski definition) is 6. The molecule has 0 spiro atoms. The highest BCUT2D eigenvalue weighted by Crippen LogP contribution is 2.44. The first-order valence-corrected chi connectivity index (χ1v) is 10.3. The fraction of sp³-hybridized carbons (Fsp3) is 0.286. The summed E-state index contributed by atoms with van der Waals surface area (Å²) >= 11 is 1.12. The number of carboxylic acids is 1. The summed E-state index contributed by atoms with van der Waals surface area (Å²) in [6.45, 7) is 0.883. The van der Waals surface area contributed by atoms with Gasteiger partial charge in [-0.25, -0.2) is 9.97 Å². The van der Waals surface area contributed by atoms with Crippen LogP contribution in [0.1, 0.15) is 35.6 Å². The van der Waals surface area contributed by atoms with Gasteiger partial charge in [0, 0.05) is 16.6 Å². The van der Waals surface area contributed by atoms with Crippen LogP contribution in [0.15, 0.2) is 41.6 Å². The van der Waals surface area contributed by atoms with Crippen molar-refractivity contribution in [1.29, 1.82) is 0 Å². The maximum absolute atomic E-state index is 10.9. The Balaban J connectivity index is 1.54. The highest BCUT2D eigenvalue weighted by molar-refractivity contribution is 7.99. The zero-order valence-corrected chi connectivity index (χ0v) is 16.0. The molecule has 1 aromatic heterocycles. The number of fused-ring (bicyclic) bond motifs is 2. The first kappa shape index (κ1) is 17.5. The van der Waals surface area contributed by atoms with Crippen LogP contribution >= 0.6 is 11.8 Å². The lowest BCUT2D eigenvalue weighted by atomic mass is 9.99. The number of aliphatic carboxylic acids is 1. The molecule has 6 nitrogen and oxygen atoms in total. The molecule has 1 saturated carbocycles. The molecular weight excluding hydrogens is 374 g/mol. The van der Waals surface area contributed by atoms with Crippen LogP contribution in [0.3, 0.4) is 0 Å². The third kappa shape index (κ3) is 3.31. The quantitative estimate of drug-likeness (QED) is 0.472. The monoisotopic (exact) mass is 393 g/mol. The van der Waals surface area contributed by atoms with Crippen molar-refractivity contribution in [1.82, 2.24) is 9.97 Å². The number of carboxylic acid groups (broad SMARTS) is 1. The van der Waals surface area contributed by atoms with Crippen molar-refractivity contribution in [3.8, 4) is 0 Å². The largest absolute Gasteiger partial charge is 0.481 e. The Labute approximate surface area is 166 Å². The SMILES string of the molecule is O=C(O)CSc1nc2c(c(Nc3ccc(C4CC4)c4ccccc34)n1)COC2. The highest BCUT2D eigenvalue weighted by atomic mass is 32.2. The van der Waals surface area contributed by atoms with E-state index in [9.17, 15) is 4.79 Å². The number of aromatic nitrogens is 2. The van der Waals surface area contributed by atoms with E-state index in [2.05, 4.69) is 45.6 Å². The van der Waals surface area contributed by atoms with E-state index < -0.39 is 5.97 Å². The molecule has 0 unspecified atom stereocenters. The summed E-state index contributed by atoms with van der Waals surface area (Å²) in [4.78, 5) is 19.9. The van der Waals surface area contributed by atoms with Crippen LogP contribution in [0, 0.1) is 0 Å². The van der Waals surface area contributed by atoms with E-state index >= 15 is 0 Å². The average Bonchev–Trinajstić information content (AvgIpc) is 3.43. The molecule has 2 heterocycles. The summed E-state index contributed by atoms with van der Waals surface area (Å²) in [5.74, 6) is 0.411. The maximum Gasteiger partial charge on any atom is 0.313 e. The van der Waals surface area contributed by atoms with Gasteiger partial charge in [-0.2, -0.15) is 0 Å². The van der Waals surface area contributed by atoms with Crippen molar-refractivity contribution in [3.63, 3.8) is 0 Å². The number of benzene rings is 2. The number of thioether (sulfide) groups is 1. The minimum atomic E-state index is -0.887. The lowest BCUT2D eigenvalue weighted by Crippen LogP contribution is -2.05. The topological polar surface area (TPSA) is 84.3 Å². The van der Waals surface area contributed by atoms with E-state index in [0.29, 0.717) is 30.1 Å². The summed E-state index contributed by atoms with van der Waals surface area (Å²) in [5, 5.41) is 15.3. The van der Waals surface area contributed by atoms with E-state index in [1.807, 2.05) is 6.07 Å². The predicted molar refractivity (Wildman–Crippen MR) is 108 cm³/mol. The van der Waals surface area contributed by atoms with Crippen molar-refractivity contribution in [2.75, 3.05) is 11.1 Å². The van der Waals surface area contributed by atoms with E-state index in [1.165, 1.54) is 23.8 Å². The molecule has 0 amide bonds. The molecule has 2 aliphatic rings. The summed E-state index contributed by atoms with van der Waals surface area (Å²) in [6, 6.07) is 12.8. The number of ether oxygens (including phenoxy) is 1. The van der Waals surface area contributed by atoms with E-state index in [-0.39, 0.29) is 5.75 Å². The number of anilines is 2. The zero-order valence-electron chi connectivity index (χ0n) is 15.1. The summed E-state index contributed by atoms with van der Waals surface area (Å²) < 4.78 is 5.55. The molecule has 0 saturated heterocycles. The Kier molecular flexibility index (Phi) is 4.41. The third-order valence-corrected chi connectivity index (χ3v) is 5.94. The molecule has 1 fully saturated rings. The van der Waals surface area contributed by atoms with Crippen molar-refractivity contribution in [3.05, 3.63) is 53.2 Å². The molecule has 7 heteroatoms. The van der Waals surface area contributed by atoms with Gasteiger partial charge in [-0.3, -0.25) is 4.79 Å². The summed E-state index contributed by atoms with van der Waals surface area (Å²) in [7, 11) is 0. The molecular formula is C21H19N3O3S. The Bertz CT molecular complexity index is 1080. The molecule has 142 valence electrons. The van der Waals surface area contributed by atoms with Gasteiger partial charge in [0.2, 0.25) is 0 Å².